The van der Waals surface area contributed by atoms with Crippen LogP contribution in [0.2, 0.25) is 0 Å². The molecule has 2 aromatic carbocycles. The highest BCUT2D eigenvalue weighted by atomic mass is 16.5. The average Bonchev–Trinajstić information content (AvgIpc) is 3.15. The number of hydrogen-bond donors (Lipinski definition) is 1. The van der Waals surface area contributed by atoms with E-state index >= 15 is 0 Å². The van der Waals surface area contributed by atoms with E-state index in [-0.39, 0.29) is 12.5 Å². The van der Waals surface area contributed by atoms with Gasteiger partial charge >= 0.3 is 0 Å². The zero-order chi connectivity index (χ0) is 18.5. The standard InChI is InChI=1S/C21H22N2O3/c1-14(2)18-9-4-15(3)10-19(18)25-12-21(24)23-17-7-5-16(6-8-17)20-11-22-13-26-20/h4-11,13-14H,12H2,1-3H3,(H,23,24). The predicted octanol–water partition coefficient (Wildman–Crippen LogP) is 4.79. The molecule has 0 saturated carbocycles. The summed E-state index contributed by atoms with van der Waals surface area (Å²) < 4.78 is 11.0. The second-order valence-corrected chi connectivity index (χ2v) is 6.48. The Bertz CT molecular complexity index is 869. The van der Waals surface area contributed by atoms with Crippen molar-refractivity contribution in [2.45, 2.75) is 26.7 Å². The van der Waals surface area contributed by atoms with Crippen LogP contribution in [0.4, 0.5) is 5.69 Å². The van der Waals surface area contributed by atoms with Crippen molar-refractivity contribution in [1.29, 1.82) is 0 Å². The molecule has 26 heavy (non-hydrogen) atoms. The Labute approximate surface area is 153 Å². The number of hydrogen-bond acceptors (Lipinski definition) is 4. The van der Waals surface area contributed by atoms with Crippen LogP contribution in [0.25, 0.3) is 11.3 Å². The van der Waals surface area contributed by atoms with E-state index in [2.05, 4.69) is 36.3 Å². The van der Waals surface area contributed by atoms with Crippen LogP contribution in [0.3, 0.4) is 0 Å². The molecule has 0 bridgehead atoms. The Morgan fingerprint density at radius 3 is 2.62 bits per heavy atom. The Morgan fingerprint density at radius 2 is 1.96 bits per heavy atom. The largest absolute Gasteiger partial charge is 0.483 e. The van der Waals surface area contributed by atoms with E-state index in [4.69, 9.17) is 9.15 Å². The van der Waals surface area contributed by atoms with Crippen LogP contribution in [0.15, 0.2) is 59.5 Å². The summed E-state index contributed by atoms with van der Waals surface area (Å²) in [5.41, 5.74) is 3.81. The predicted molar refractivity (Wildman–Crippen MR) is 101 cm³/mol. The summed E-state index contributed by atoms with van der Waals surface area (Å²) in [6.45, 7) is 6.18. The molecule has 1 N–H and O–H groups in total. The van der Waals surface area contributed by atoms with E-state index in [1.54, 1.807) is 6.20 Å². The third-order valence-electron chi connectivity index (χ3n) is 4.04. The summed E-state index contributed by atoms with van der Waals surface area (Å²) >= 11 is 0. The van der Waals surface area contributed by atoms with Crippen molar-refractivity contribution < 1.29 is 13.9 Å². The Hall–Kier alpha value is -3.08. The maximum Gasteiger partial charge on any atom is 0.262 e. The van der Waals surface area contributed by atoms with Gasteiger partial charge in [-0.15, -0.1) is 0 Å². The highest BCUT2D eigenvalue weighted by Gasteiger charge is 2.11. The minimum atomic E-state index is -0.200. The maximum absolute atomic E-state index is 12.2. The van der Waals surface area contributed by atoms with Gasteiger partial charge in [-0.1, -0.05) is 26.0 Å². The fourth-order valence-corrected chi connectivity index (χ4v) is 2.66. The van der Waals surface area contributed by atoms with Crippen molar-refractivity contribution in [3.05, 3.63) is 66.2 Å². The van der Waals surface area contributed by atoms with Crippen LogP contribution in [-0.2, 0) is 4.79 Å². The lowest BCUT2D eigenvalue weighted by atomic mass is 10.0. The number of anilines is 1. The van der Waals surface area contributed by atoms with Gasteiger partial charge in [0.05, 0.1) is 6.20 Å². The second-order valence-electron chi connectivity index (χ2n) is 6.48. The number of rotatable bonds is 6. The molecule has 1 heterocycles. The fraction of sp³-hybridized carbons (Fsp3) is 0.238. The molecular formula is C21H22N2O3. The van der Waals surface area contributed by atoms with Crippen LogP contribution >= 0.6 is 0 Å². The molecule has 3 rings (SSSR count). The summed E-state index contributed by atoms with van der Waals surface area (Å²) in [7, 11) is 0. The topological polar surface area (TPSA) is 64.4 Å². The second kappa shape index (κ2) is 7.87. The summed E-state index contributed by atoms with van der Waals surface area (Å²) in [5.74, 6) is 1.58. The third-order valence-corrected chi connectivity index (χ3v) is 4.04. The van der Waals surface area contributed by atoms with Gasteiger partial charge in [-0.3, -0.25) is 4.79 Å². The van der Waals surface area contributed by atoms with Crippen molar-refractivity contribution in [2.75, 3.05) is 11.9 Å². The lowest BCUT2D eigenvalue weighted by Gasteiger charge is -2.15. The molecule has 1 aromatic heterocycles. The van der Waals surface area contributed by atoms with Gasteiger partial charge in [-0.2, -0.15) is 0 Å². The van der Waals surface area contributed by atoms with Crippen molar-refractivity contribution in [3.8, 4) is 17.1 Å². The molecular weight excluding hydrogens is 328 g/mol. The van der Waals surface area contributed by atoms with E-state index < -0.39 is 0 Å². The number of carbonyl (C=O) groups excluding carboxylic acids is 1. The van der Waals surface area contributed by atoms with Crippen LogP contribution in [0.5, 0.6) is 5.75 Å². The van der Waals surface area contributed by atoms with E-state index in [0.29, 0.717) is 17.4 Å². The number of ether oxygens (including phenoxy) is 1. The van der Waals surface area contributed by atoms with Crippen molar-refractivity contribution in [1.82, 2.24) is 4.98 Å². The Morgan fingerprint density at radius 1 is 1.19 bits per heavy atom. The molecule has 0 aliphatic rings. The molecule has 134 valence electrons. The molecule has 0 spiro atoms. The van der Waals surface area contributed by atoms with Crippen molar-refractivity contribution >= 4 is 11.6 Å². The molecule has 5 nitrogen and oxygen atoms in total. The highest BCUT2D eigenvalue weighted by Crippen LogP contribution is 2.27. The number of aromatic nitrogens is 1. The van der Waals surface area contributed by atoms with Crippen LogP contribution in [0, 0.1) is 6.92 Å². The molecule has 3 aromatic rings. The average molecular weight is 350 g/mol. The molecule has 0 fully saturated rings. The summed E-state index contributed by atoms with van der Waals surface area (Å²) in [5, 5.41) is 2.84. The zero-order valence-electron chi connectivity index (χ0n) is 15.2. The minimum Gasteiger partial charge on any atom is -0.483 e. The molecule has 0 aliphatic carbocycles. The lowest BCUT2D eigenvalue weighted by Crippen LogP contribution is -2.20. The SMILES string of the molecule is Cc1ccc(C(C)C)c(OCC(=O)Nc2ccc(-c3cnco3)cc2)c1. The van der Waals surface area contributed by atoms with E-state index in [1.807, 2.05) is 37.3 Å². The number of nitrogens with zero attached hydrogens (tertiary/aromatic N) is 1. The first kappa shape index (κ1) is 17.7. The van der Waals surface area contributed by atoms with E-state index in [1.165, 1.54) is 6.39 Å². The van der Waals surface area contributed by atoms with Crippen LogP contribution < -0.4 is 10.1 Å². The van der Waals surface area contributed by atoms with Crippen molar-refractivity contribution in [3.63, 3.8) is 0 Å². The van der Waals surface area contributed by atoms with Gasteiger partial charge in [-0.25, -0.2) is 4.98 Å². The number of carbonyl (C=O) groups is 1. The fourth-order valence-electron chi connectivity index (χ4n) is 2.66. The highest BCUT2D eigenvalue weighted by molar-refractivity contribution is 5.92. The first-order valence-electron chi connectivity index (χ1n) is 8.55. The molecule has 0 saturated heterocycles. The minimum absolute atomic E-state index is 0.0347. The first-order chi connectivity index (χ1) is 12.5. The summed E-state index contributed by atoms with van der Waals surface area (Å²) in [6.07, 6.45) is 3.04. The smallest absolute Gasteiger partial charge is 0.262 e. The maximum atomic E-state index is 12.2. The van der Waals surface area contributed by atoms with Crippen LogP contribution in [-0.4, -0.2) is 17.5 Å². The lowest BCUT2D eigenvalue weighted by molar-refractivity contribution is -0.118. The number of benzene rings is 2. The zero-order valence-corrected chi connectivity index (χ0v) is 15.2. The Kier molecular flexibility index (Phi) is 5.37. The molecule has 5 heteroatoms. The van der Waals surface area contributed by atoms with Crippen LogP contribution in [0.1, 0.15) is 30.9 Å². The summed E-state index contributed by atoms with van der Waals surface area (Å²) in [6, 6.07) is 13.5. The Balaban J connectivity index is 1.60. The van der Waals surface area contributed by atoms with Gasteiger partial charge in [0, 0.05) is 11.3 Å². The quantitative estimate of drug-likeness (QED) is 0.694. The van der Waals surface area contributed by atoms with Gasteiger partial charge < -0.3 is 14.5 Å². The molecule has 0 atom stereocenters. The molecule has 0 aliphatic heterocycles. The first-order valence-corrected chi connectivity index (χ1v) is 8.55. The van der Waals surface area contributed by atoms with Gasteiger partial charge in [0.15, 0.2) is 18.8 Å². The number of aryl methyl sites for hydroxylation is 1. The van der Waals surface area contributed by atoms with E-state index in [9.17, 15) is 4.79 Å². The number of oxazole rings is 1. The summed E-state index contributed by atoms with van der Waals surface area (Å²) in [4.78, 5) is 16.1. The number of amides is 1. The van der Waals surface area contributed by atoms with Gasteiger partial charge in [0.25, 0.3) is 5.91 Å². The van der Waals surface area contributed by atoms with Crippen molar-refractivity contribution in [2.24, 2.45) is 0 Å². The van der Waals surface area contributed by atoms with Gasteiger partial charge in [0.2, 0.25) is 0 Å². The monoisotopic (exact) mass is 350 g/mol. The molecule has 1 amide bonds. The van der Waals surface area contributed by atoms with Gasteiger partial charge in [-0.05, 0) is 54.3 Å². The number of nitrogens with one attached hydrogen (secondary N) is 1. The molecule has 0 unspecified atom stereocenters. The third kappa shape index (κ3) is 4.30. The molecule has 0 radical (unpaired) electrons. The van der Waals surface area contributed by atoms with Gasteiger partial charge in [0.1, 0.15) is 5.75 Å². The normalized spacial score (nSPS) is 10.8. The van der Waals surface area contributed by atoms with E-state index in [0.717, 1.165) is 22.4 Å².